The Labute approximate surface area is 196 Å². The molecule has 0 saturated carbocycles. The fraction of sp³-hybridized carbons (Fsp3) is 0.227. The van der Waals surface area contributed by atoms with Crippen molar-refractivity contribution in [2.75, 3.05) is 21.1 Å². The van der Waals surface area contributed by atoms with Gasteiger partial charge in [-0.3, -0.25) is 14.3 Å². The molecule has 0 bridgehead atoms. The van der Waals surface area contributed by atoms with Gasteiger partial charge in [0.2, 0.25) is 11.8 Å². The van der Waals surface area contributed by atoms with E-state index in [4.69, 9.17) is 4.52 Å². The van der Waals surface area contributed by atoms with E-state index in [0.717, 1.165) is 5.56 Å². The zero-order valence-corrected chi connectivity index (χ0v) is 19.9. The molecule has 0 spiro atoms. The number of rotatable bonds is 9. The van der Waals surface area contributed by atoms with Gasteiger partial charge in [-0.05, 0) is 57.2 Å². The van der Waals surface area contributed by atoms with E-state index in [1.54, 1.807) is 56.3 Å². The largest absolute Gasteiger partial charge is 0.360 e. The maximum absolute atomic E-state index is 12.5. The molecule has 0 fully saturated rings. The Kier molecular flexibility index (Phi) is 7.77. The van der Waals surface area contributed by atoms with Crippen molar-refractivity contribution in [3.8, 4) is 0 Å². The van der Waals surface area contributed by atoms with E-state index in [0.29, 0.717) is 23.0 Å². The Balaban J connectivity index is 1.48. The normalized spacial score (nSPS) is 12.1. The molecular weight excluding hydrogens is 464 g/mol. The van der Waals surface area contributed by atoms with Crippen LogP contribution in [0.2, 0.25) is 0 Å². The summed E-state index contributed by atoms with van der Waals surface area (Å²) in [4.78, 5) is 24.6. The maximum Gasteiger partial charge on any atom is 0.261 e. The highest BCUT2D eigenvalue weighted by molar-refractivity contribution is 8.01. The third-order valence-corrected chi connectivity index (χ3v) is 7.01. The van der Waals surface area contributed by atoms with E-state index >= 15 is 0 Å². The molecule has 3 N–H and O–H groups in total. The van der Waals surface area contributed by atoms with Gasteiger partial charge < -0.3 is 15.2 Å². The molecule has 11 heteroatoms. The Morgan fingerprint density at radius 2 is 1.64 bits per heavy atom. The van der Waals surface area contributed by atoms with Crippen LogP contribution in [0, 0.1) is 13.8 Å². The van der Waals surface area contributed by atoms with Crippen LogP contribution in [-0.4, -0.2) is 36.4 Å². The van der Waals surface area contributed by atoms with Crippen molar-refractivity contribution in [1.29, 1.82) is 0 Å². The molecule has 33 heavy (non-hydrogen) atoms. The monoisotopic (exact) mass is 488 g/mol. The number of benzene rings is 2. The predicted octanol–water partition coefficient (Wildman–Crippen LogP) is 3.79. The van der Waals surface area contributed by atoms with Gasteiger partial charge in [-0.25, -0.2) is 8.42 Å². The highest BCUT2D eigenvalue weighted by Gasteiger charge is 2.17. The number of sulfonamides is 1. The van der Waals surface area contributed by atoms with Gasteiger partial charge in [0.1, 0.15) is 5.76 Å². The first-order valence-corrected chi connectivity index (χ1v) is 12.5. The highest BCUT2D eigenvalue weighted by Crippen LogP contribution is 2.20. The highest BCUT2D eigenvalue weighted by atomic mass is 32.2. The lowest BCUT2D eigenvalue weighted by molar-refractivity contribution is -0.115. The third-order valence-electron chi connectivity index (χ3n) is 4.47. The third kappa shape index (κ3) is 7.09. The van der Waals surface area contributed by atoms with E-state index in [9.17, 15) is 18.0 Å². The van der Waals surface area contributed by atoms with Gasteiger partial charge in [-0.1, -0.05) is 22.9 Å². The number of hydrogen-bond acceptors (Lipinski definition) is 7. The van der Waals surface area contributed by atoms with Gasteiger partial charge in [-0.15, -0.1) is 11.8 Å². The van der Waals surface area contributed by atoms with Crippen molar-refractivity contribution in [1.82, 2.24) is 5.16 Å². The van der Waals surface area contributed by atoms with Crippen LogP contribution in [0.1, 0.15) is 18.2 Å². The molecule has 0 aliphatic heterocycles. The minimum atomic E-state index is -3.70. The number of aryl methyl sites for hydroxylation is 2. The molecule has 0 aliphatic carbocycles. The summed E-state index contributed by atoms with van der Waals surface area (Å²) in [5, 5.41) is 8.56. The molecule has 9 nitrogen and oxygen atoms in total. The van der Waals surface area contributed by atoms with Crippen LogP contribution in [0.15, 0.2) is 64.0 Å². The molecule has 3 aromatic rings. The fourth-order valence-electron chi connectivity index (χ4n) is 2.68. The predicted molar refractivity (Wildman–Crippen MR) is 129 cm³/mol. The summed E-state index contributed by atoms with van der Waals surface area (Å²) in [5.74, 6) is 0.400. The van der Waals surface area contributed by atoms with Crippen LogP contribution in [0.4, 0.5) is 17.2 Å². The van der Waals surface area contributed by atoms with E-state index in [1.165, 1.54) is 23.9 Å². The van der Waals surface area contributed by atoms with Crippen LogP contribution in [0.25, 0.3) is 0 Å². The van der Waals surface area contributed by atoms with E-state index < -0.39 is 15.3 Å². The molecule has 3 rings (SSSR count). The number of nitrogens with one attached hydrogen (secondary N) is 3. The first kappa shape index (κ1) is 24.3. The van der Waals surface area contributed by atoms with Gasteiger partial charge >= 0.3 is 0 Å². The van der Waals surface area contributed by atoms with E-state index in [1.807, 2.05) is 6.92 Å². The summed E-state index contributed by atoms with van der Waals surface area (Å²) in [5.41, 5.74) is 1.85. The zero-order valence-electron chi connectivity index (χ0n) is 18.3. The van der Waals surface area contributed by atoms with Crippen molar-refractivity contribution in [2.45, 2.75) is 30.9 Å². The first-order valence-electron chi connectivity index (χ1n) is 9.97. The Hall–Kier alpha value is -3.31. The van der Waals surface area contributed by atoms with Crippen molar-refractivity contribution in [3.05, 3.63) is 65.9 Å². The fourth-order valence-corrected chi connectivity index (χ4v) is 4.42. The molecule has 1 unspecified atom stereocenters. The second-order valence-electron chi connectivity index (χ2n) is 7.31. The van der Waals surface area contributed by atoms with Crippen LogP contribution in [-0.2, 0) is 19.6 Å². The lowest BCUT2D eigenvalue weighted by Gasteiger charge is -2.11. The van der Waals surface area contributed by atoms with Crippen molar-refractivity contribution in [2.24, 2.45) is 0 Å². The molecule has 174 valence electrons. The average molecular weight is 489 g/mol. The number of carbonyl (C=O) groups is 2. The lowest BCUT2D eigenvalue weighted by Crippen LogP contribution is -2.25. The SMILES string of the molecule is Cc1ccc(S(=O)(=O)Nc2ccc(NC(=O)CSC(C)C(=O)Nc3cc(C)on3)cc2)cc1. The smallest absolute Gasteiger partial charge is 0.261 e. The number of nitrogens with zero attached hydrogens (tertiary/aromatic N) is 1. The minimum Gasteiger partial charge on any atom is -0.360 e. The number of amides is 2. The van der Waals surface area contributed by atoms with Gasteiger partial charge in [0.15, 0.2) is 5.82 Å². The second kappa shape index (κ2) is 10.5. The molecular formula is C22H24N4O5S2. The van der Waals surface area contributed by atoms with Crippen LogP contribution in [0.3, 0.4) is 0 Å². The van der Waals surface area contributed by atoms with Crippen molar-refractivity contribution < 1.29 is 22.5 Å². The van der Waals surface area contributed by atoms with Crippen LogP contribution < -0.4 is 15.4 Å². The lowest BCUT2D eigenvalue weighted by atomic mass is 10.2. The number of aromatic nitrogens is 1. The Morgan fingerprint density at radius 3 is 2.24 bits per heavy atom. The van der Waals surface area contributed by atoms with Crippen LogP contribution in [0.5, 0.6) is 0 Å². The van der Waals surface area contributed by atoms with Crippen LogP contribution >= 0.6 is 11.8 Å². The molecule has 1 aromatic heterocycles. The van der Waals surface area contributed by atoms with Crippen molar-refractivity contribution >= 4 is 50.8 Å². The molecule has 1 atom stereocenters. The molecule has 0 radical (unpaired) electrons. The second-order valence-corrected chi connectivity index (χ2v) is 10.3. The van der Waals surface area contributed by atoms with Gasteiger partial charge in [0, 0.05) is 17.4 Å². The van der Waals surface area contributed by atoms with Gasteiger partial charge in [0.05, 0.1) is 15.9 Å². The number of thioether (sulfide) groups is 1. The molecule has 0 saturated heterocycles. The summed E-state index contributed by atoms with van der Waals surface area (Å²) < 4.78 is 32.3. The van der Waals surface area contributed by atoms with E-state index in [-0.39, 0.29) is 22.5 Å². The topological polar surface area (TPSA) is 130 Å². The summed E-state index contributed by atoms with van der Waals surface area (Å²) in [7, 11) is -3.70. The summed E-state index contributed by atoms with van der Waals surface area (Å²) in [6, 6.07) is 14.4. The molecule has 0 aliphatic rings. The number of anilines is 3. The Morgan fingerprint density at radius 1 is 1.00 bits per heavy atom. The summed E-state index contributed by atoms with van der Waals surface area (Å²) >= 11 is 1.17. The van der Waals surface area contributed by atoms with Gasteiger partial charge in [-0.2, -0.15) is 0 Å². The standard InChI is InChI=1S/C22H24N4O5S2/c1-14-4-10-19(11-5-14)33(29,30)26-18-8-6-17(7-9-18)23-21(27)13-32-16(3)22(28)24-20-12-15(2)31-25-20/h4-12,16,26H,13H2,1-3H3,(H,23,27)(H,24,25,28). The van der Waals surface area contributed by atoms with E-state index in [2.05, 4.69) is 20.5 Å². The zero-order chi connectivity index (χ0) is 24.0. The number of hydrogen-bond donors (Lipinski definition) is 3. The number of carbonyl (C=O) groups excluding carboxylic acids is 2. The Bertz CT molecular complexity index is 1220. The quantitative estimate of drug-likeness (QED) is 0.418. The summed E-state index contributed by atoms with van der Waals surface area (Å²) in [6.07, 6.45) is 0. The average Bonchev–Trinajstić information content (AvgIpc) is 3.18. The minimum absolute atomic E-state index is 0.0637. The van der Waals surface area contributed by atoms with Gasteiger partial charge in [0.25, 0.3) is 10.0 Å². The summed E-state index contributed by atoms with van der Waals surface area (Å²) in [6.45, 7) is 5.29. The first-order chi connectivity index (χ1) is 15.6. The molecule has 2 aromatic carbocycles. The maximum atomic E-state index is 12.5. The van der Waals surface area contributed by atoms with Crippen molar-refractivity contribution in [3.63, 3.8) is 0 Å². The molecule has 1 heterocycles. The molecule has 2 amide bonds.